The van der Waals surface area contributed by atoms with Gasteiger partial charge in [0, 0.05) is 37.1 Å². The molecule has 4 atom stereocenters. The molecule has 36 heavy (non-hydrogen) atoms. The highest BCUT2D eigenvalue weighted by atomic mass is 35.5. The summed E-state index contributed by atoms with van der Waals surface area (Å²) in [6.45, 7) is 4.02. The summed E-state index contributed by atoms with van der Waals surface area (Å²) in [5.74, 6) is 0.245. The van der Waals surface area contributed by atoms with Crippen LogP contribution in [0.1, 0.15) is 55.8 Å². The molecule has 1 saturated carbocycles. The lowest BCUT2D eigenvalue weighted by Crippen LogP contribution is -2.56. The Morgan fingerprint density at radius 1 is 1.19 bits per heavy atom. The van der Waals surface area contributed by atoms with Gasteiger partial charge in [0.2, 0.25) is 0 Å². The standard InChI is InChI=1S/C26H41ClN4O5/c1-17-9-10-20(27)14-21(17)24(36-13-11-29-26(34)35)19-8-5-12-31(16-19)25(33)30-22(15-28-2)23(32)18-6-3-4-7-18/h9-10,14,18-19,22-24,28-29,32H,3-8,11-13,15-16H2,1-2H3,(H,30,33)(H,34,35)/t19-,22-,23+,24-/m1/s1. The molecule has 3 rings (SSSR count). The van der Waals surface area contributed by atoms with Crippen molar-refractivity contribution >= 4 is 23.7 Å². The van der Waals surface area contributed by atoms with E-state index >= 15 is 0 Å². The molecule has 1 aromatic rings. The van der Waals surface area contributed by atoms with Crippen LogP contribution in [0.2, 0.25) is 5.02 Å². The number of hydrogen-bond acceptors (Lipinski definition) is 5. The molecule has 10 heteroatoms. The van der Waals surface area contributed by atoms with Crippen molar-refractivity contribution in [2.24, 2.45) is 11.8 Å². The molecule has 0 bridgehead atoms. The van der Waals surface area contributed by atoms with Gasteiger partial charge in [-0.05, 0) is 68.8 Å². The number of hydrogen-bond donors (Lipinski definition) is 5. The van der Waals surface area contributed by atoms with E-state index in [2.05, 4.69) is 16.0 Å². The molecule has 0 aromatic heterocycles. The summed E-state index contributed by atoms with van der Waals surface area (Å²) < 4.78 is 6.21. The molecule has 1 aromatic carbocycles. The molecule has 1 saturated heterocycles. The lowest BCUT2D eigenvalue weighted by molar-refractivity contribution is -0.00941. The summed E-state index contributed by atoms with van der Waals surface area (Å²) >= 11 is 6.30. The van der Waals surface area contributed by atoms with Crippen LogP contribution in [0.15, 0.2) is 18.2 Å². The number of rotatable bonds is 11. The Morgan fingerprint density at radius 3 is 2.61 bits per heavy atom. The first-order valence-electron chi connectivity index (χ1n) is 13.0. The SMILES string of the molecule is CNC[C@@H](NC(=O)N1CCC[C@@H]([C@@H](OCCNC(=O)O)c2cc(Cl)ccc2C)C1)[C@@H](O)C1CCCC1. The highest BCUT2D eigenvalue weighted by Crippen LogP contribution is 2.36. The molecule has 2 aliphatic rings. The predicted octanol–water partition coefficient (Wildman–Crippen LogP) is 3.53. The van der Waals surface area contributed by atoms with E-state index in [1.54, 1.807) is 0 Å². The number of ether oxygens (including phenoxy) is 1. The maximum absolute atomic E-state index is 13.3. The molecule has 0 spiro atoms. The van der Waals surface area contributed by atoms with Gasteiger partial charge in [0.25, 0.3) is 0 Å². The smallest absolute Gasteiger partial charge is 0.404 e. The van der Waals surface area contributed by atoms with Gasteiger partial charge in [-0.25, -0.2) is 9.59 Å². The third-order valence-electron chi connectivity index (χ3n) is 7.42. The topological polar surface area (TPSA) is 123 Å². The summed E-state index contributed by atoms with van der Waals surface area (Å²) in [6, 6.07) is 5.15. The Bertz CT molecular complexity index is 867. The van der Waals surface area contributed by atoms with Crippen LogP contribution in [-0.4, -0.2) is 79.2 Å². The number of nitrogens with one attached hydrogen (secondary N) is 3. The van der Waals surface area contributed by atoms with Crippen molar-refractivity contribution in [3.05, 3.63) is 34.3 Å². The zero-order valence-corrected chi connectivity index (χ0v) is 22.1. The third kappa shape index (κ3) is 7.96. The number of aliphatic hydroxyl groups excluding tert-OH is 1. The summed E-state index contributed by atoms with van der Waals surface area (Å²) in [5.41, 5.74) is 1.99. The molecule has 2 fully saturated rings. The lowest BCUT2D eigenvalue weighted by Gasteiger charge is -2.38. The lowest BCUT2D eigenvalue weighted by atomic mass is 9.86. The molecule has 9 nitrogen and oxygen atoms in total. The van der Waals surface area contributed by atoms with Crippen LogP contribution in [0.5, 0.6) is 0 Å². The van der Waals surface area contributed by atoms with Gasteiger partial charge in [-0.3, -0.25) is 0 Å². The number of aliphatic hydroxyl groups is 1. The van der Waals surface area contributed by atoms with Crippen LogP contribution in [0.25, 0.3) is 0 Å². The van der Waals surface area contributed by atoms with Gasteiger partial charge in [-0.1, -0.05) is 30.5 Å². The van der Waals surface area contributed by atoms with Crippen LogP contribution in [0, 0.1) is 18.8 Å². The van der Waals surface area contributed by atoms with Crippen molar-refractivity contribution in [2.45, 2.75) is 63.7 Å². The fraction of sp³-hybridized carbons (Fsp3) is 0.692. The number of likely N-dealkylation sites (N-methyl/N-ethyl adjacent to an activating group) is 1. The van der Waals surface area contributed by atoms with E-state index in [0.717, 1.165) is 49.7 Å². The Morgan fingerprint density at radius 2 is 1.92 bits per heavy atom. The van der Waals surface area contributed by atoms with Crippen molar-refractivity contribution in [1.82, 2.24) is 20.9 Å². The van der Waals surface area contributed by atoms with E-state index in [4.69, 9.17) is 21.4 Å². The molecular weight excluding hydrogens is 484 g/mol. The van der Waals surface area contributed by atoms with Gasteiger partial charge >= 0.3 is 12.1 Å². The van der Waals surface area contributed by atoms with Gasteiger partial charge in [0.15, 0.2) is 0 Å². The molecule has 1 aliphatic heterocycles. The molecule has 1 aliphatic carbocycles. The summed E-state index contributed by atoms with van der Waals surface area (Å²) in [6.07, 6.45) is 3.96. The van der Waals surface area contributed by atoms with Gasteiger partial charge in [0.05, 0.1) is 24.9 Å². The van der Waals surface area contributed by atoms with Gasteiger partial charge in [0.1, 0.15) is 0 Å². The molecule has 0 radical (unpaired) electrons. The van der Waals surface area contributed by atoms with Gasteiger partial charge in [-0.15, -0.1) is 0 Å². The number of piperidine rings is 1. The summed E-state index contributed by atoms with van der Waals surface area (Å²) in [7, 11) is 1.83. The van der Waals surface area contributed by atoms with Crippen LogP contribution in [0.4, 0.5) is 9.59 Å². The van der Waals surface area contributed by atoms with Crippen molar-refractivity contribution < 1.29 is 24.5 Å². The average Bonchev–Trinajstić information content (AvgIpc) is 3.40. The Labute approximate surface area is 218 Å². The van der Waals surface area contributed by atoms with Crippen molar-refractivity contribution in [3.63, 3.8) is 0 Å². The first-order chi connectivity index (χ1) is 17.3. The highest BCUT2D eigenvalue weighted by molar-refractivity contribution is 6.30. The van der Waals surface area contributed by atoms with E-state index < -0.39 is 12.2 Å². The maximum Gasteiger partial charge on any atom is 0.404 e. The number of likely N-dealkylation sites (tertiary alicyclic amines) is 1. The Kier molecular flexibility index (Phi) is 11.1. The van der Waals surface area contributed by atoms with Gasteiger partial charge in [-0.2, -0.15) is 0 Å². The first-order valence-corrected chi connectivity index (χ1v) is 13.4. The predicted molar refractivity (Wildman–Crippen MR) is 139 cm³/mol. The molecule has 1 heterocycles. The minimum Gasteiger partial charge on any atom is -0.465 e. The van der Waals surface area contributed by atoms with Crippen molar-refractivity contribution in [3.8, 4) is 0 Å². The first kappa shape index (κ1) is 28.5. The monoisotopic (exact) mass is 524 g/mol. The number of carbonyl (C=O) groups is 2. The Balaban J connectivity index is 1.70. The summed E-state index contributed by atoms with van der Waals surface area (Å²) in [4.78, 5) is 26.0. The number of amides is 3. The zero-order chi connectivity index (χ0) is 26.1. The second kappa shape index (κ2) is 14.0. The normalized spacial score (nSPS) is 21.1. The van der Waals surface area contributed by atoms with Crippen LogP contribution < -0.4 is 16.0 Å². The number of carbonyl (C=O) groups excluding carboxylic acids is 1. The molecule has 202 valence electrons. The quantitative estimate of drug-likeness (QED) is 0.282. The van der Waals surface area contributed by atoms with Crippen molar-refractivity contribution in [2.75, 3.05) is 39.8 Å². The molecular formula is C26H41ClN4O5. The number of benzene rings is 1. The zero-order valence-electron chi connectivity index (χ0n) is 21.3. The molecule has 0 unspecified atom stereocenters. The van der Waals surface area contributed by atoms with Crippen LogP contribution >= 0.6 is 11.6 Å². The second-order valence-electron chi connectivity index (χ2n) is 10.0. The largest absolute Gasteiger partial charge is 0.465 e. The second-order valence-corrected chi connectivity index (χ2v) is 10.5. The number of urea groups is 1. The minimum absolute atomic E-state index is 0.0222. The fourth-order valence-corrected chi connectivity index (χ4v) is 5.72. The summed E-state index contributed by atoms with van der Waals surface area (Å²) in [5, 5.41) is 29.0. The number of nitrogens with zero attached hydrogens (tertiary/aromatic N) is 1. The van der Waals surface area contributed by atoms with E-state index in [-0.39, 0.29) is 43.2 Å². The van der Waals surface area contributed by atoms with E-state index in [0.29, 0.717) is 24.7 Å². The van der Waals surface area contributed by atoms with Gasteiger partial charge < -0.3 is 35.8 Å². The number of carboxylic acid groups (broad SMARTS) is 1. The molecule has 3 amide bonds. The van der Waals surface area contributed by atoms with Crippen LogP contribution in [0.3, 0.4) is 0 Å². The van der Waals surface area contributed by atoms with Crippen molar-refractivity contribution in [1.29, 1.82) is 0 Å². The molecule has 5 N–H and O–H groups in total. The Hall–Kier alpha value is -2.07. The minimum atomic E-state index is -1.09. The van der Waals surface area contributed by atoms with Crippen LogP contribution in [-0.2, 0) is 4.74 Å². The third-order valence-corrected chi connectivity index (χ3v) is 7.66. The maximum atomic E-state index is 13.3. The van der Waals surface area contributed by atoms with E-state index in [9.17, 15) is 14.7 Å². The number of aryl methyl sites for hydroxylation is 1. The van der Waals surface area contributed by atoms with E-state index in [1.807, 2.05) is 37.1 Å². The van der Waals surface area contributed by atoms with E-state index in [1.165, 1.54) is 0 Å². The fourth-order valence-electron chi connectivity index (χ4n) is 5.54. The highest BCUT2D eigenvalue weighted by Gasteiger charge is 2.35. The number of halogens is 1. The average molecular weight is 525 g/mol.